The standard InChI is InChI=1S/C8H10BrN.BrH/c9-5-1-3-8-4-2-6-10-7-8;/h2,4,6-7H,1,3,5H2;1H. The minimum Gasteiger partial charge on any atom is -0.264 e. The van der Waals surface area contributed by atoms with Crippen molar-refractivity contribution in [3.8, 4) is 0 Å². The predicted octanol–water partition coefficient (Wildman–Crippen LogP) is 2.99. The predicted molar refractivity (Wildman–Crippen MR) is 56.7 cm³/mol. The molecule has 0 unspecified atom stereocenters. The first kappa shape index (κ1) is 11.1. The lowest BCUT2D eigenvalue weighted by Gasteiger charge is -1.95. The van der Waals surface area contributed by atoms with Gasteiger partial charge in [-0.3, -0.25) is 4.98 Å². The molecule has 0 atom stereocenters. The fourth-order valence-corrected chi connectivity index (χ4v) is 1.10. The van der Waals surface area contributed by atoms with Crippen molar-refractivity contribution in [2.24, 2.45) is 0 Å². The van der Waals surface area contributed by atoms with Crippen LogP contribution in [0.3, 0.4) is 0 Å². The van der Waals surface area contributed by atoms with Crippen LogP contribution >= 0.6 is 32.9 Å². The highest BCUT2D eigenvalue weighted by atomic mass is 79.9. The minimum atomic E-state index is 0. The van der Waals surface area contributed by atoms with Gasteiger partial charge in [0.15, 0.2) is 0 Å². The number of pyridine rings is 1. The van der Waals surface area contributed by atoms with Gasteiger partial charge in [0.2, 0.25) is 0 Å². The Morgan fingerprint density at radius 3 is 2.82 bits per heavy atom. The molecule has 0 radical (unpaired) electrons. The Bertz CT molecular complexity index is 177. The molecule has 3 heteroatoms. The van der Waals surface area contributed by atoms with Crippen LogP contribution in [-0.2, 0) is 6.42 Å². The third kappa shape index (κ3) is 4.53. The lowest BCUT2D eigenvalue weighted by molar-refractivity contribution is 0.930. The highest BCUT2D eigenvalue weighted by Crippen LogP contribution is 2.01. The summed E-state index contributed by atoms with van der Waals surface area (Å²) in [6.07, 6.45) is 6.03. The van der Waals surface area contributed by atoms with Crippen molar-refractivity contribution in [2.75, 3.05) is 5.33 Å². The molecule has 0 aromatic carbocycles. The fraction of sp³-hybridized carbons (Fsp3) is 0.375. The third-order valence-corrected chi connectivity index (χ3v) is 1.88. The highest BCUT2D eigenvalue weighted by molar-refractivity contribution is 9.09. The Kier molecular flexibility index (Phi) is 6.87. The van der Waals surface area contributed by atoms with Gasteiger partial charge in [-0.2, -0.15) is 0 Å². The van der Waals surface area contributed by atoms with Crippen molar-refractivity contribution in [1.82, 2.24) is 4.98 Å². The van der Waals surface area contributed by atoms with E-state index in [4.69, 9.17) is 0 Å². The van der Waals surface area contributed by atoms with Crippen molar-refractivity contribution in [2.45, 2.75) is 12.8 Å². The largest absolute Gasteiger partial charge is 0.264 e. The van der Waals surface area contributed by atoms with Gasteiger partial charge in [-0.1, -0.05) is 22.0 Å². The lowest BCUT2D eigenvalue weighted by Crippen LogP contribution is -1.85. The Morgan fingerprint density at radius 1 is 1.45 bits per heavy atom. The summed E-state index contributed by atoms with van der Waals surface area (Å²) in [6.45, 7) is 0. The van der Waals surface area contributed by atoms with Crippen LogP contribution in [0.25, 0.3) is 0 Å². The zero-order valence-electron chi connectivity index (χ0n) is 6.16. The number of alkyl halides is 1. The molecule has 1 nitrogen and oxygen atoms in total. The minimum absolute atomic E-state index is 0. The summed E-state index contributed by atoms with van der Waals surface area (Å²) in [4.78, 5) is 4.02. The first-order valence-corrected chi connectivity index (χ1v) is 4.50. The average Bonchev–Trinajstić information content (AvgIpc) is 2.03. The maximum absolute atomic E-state index is 4.02. The third-order valence-electron chi connectivity index (χ3n) is 1.32. The monoisotopic (exact) mass is 279 g/mol. The maximum Gasteiger partial charge on any atom is 0.0299 e. The normalized spacial score (nSPS) is 8.82. The molecule has 1 aromatic rings. The van der Waals surface area contributed by atoms with Crippen LogP contribution in [0.2, 0.25) is 0 Å². The van der Waals surface area contributed by atoms with Gasteiger partial charge in [-0.15, -0.1) is 17.0 Å². The Labute approximate surface area is 86.1 Å². The van der Waals surface area contributed by atoms with E-state index < -0.39 is 0 Å². The van der Waals surface area contributed by atoms with E-state index in [1.54, 1.807) is 6.20 Å². The molecule has 0 fully saturated rings. The molecule has 0 aliphatic rings. The van der Waals surface area contributed by atoms with Crippen molar-refractivity contribution < 1.29 is 0 Å². The van der Waals surface area contributed by atoms with E-state index in [2.05, 4.69) is 27.0 Å². The average molecular weight is 281 g/mol. The van der Waals surface area contributed by atoms with Crippen molar-refractivity contribution in [1.29, 1.82) is 0 Å². The molecule has 0 N–H and O–H groups in total. The van der Waals surface area contributed by atoms with Crippen molar-refractivity contribution in [3.05, 3.63) is 30.1 Å². The first-order valence-electron chi connectivity index (χ1n) is 3.38. The summed E-state index contributed by atoms with van der Waals surface area (Å²) in [6, 6.07) is 4.08. The molecule has 0 bridgehead atoms. The van der Waals surface area contributed by atoms with E-state index in [9.17, 15) is 0 Å². The molecule has 0 aliphatic heterocycles. The Balaban J connectivity index is 0.000001000. The van der Waals surface area contributed by atoms with Gasteiger partial charge in [0.25, 0.3) is 0 Å². The van der Waals surface area contributed by atoms with E-state index in [-0.39, 0.29) is 17.0 Å². The summed E-state index contributed by atoms with van der Waals surface area (Å²) >= 11 is 3.39. The van der Waals surface area contributed by atoms with Gasteiger partial charge in [0.1, 0.15) is 0 Å². The van der Waals surface area contributed by atoms with Gasteiger partial charge in [-0.25, -0.2) is 0 Å². The van der Waals surface area contributed by atoms with Gasteiger partial charge >= 0.3 is 0 Å². The summed E-state index contributed by atoms with van der Waals surface area (Å²) in [5.74, 6) is 0. The second-order valence-electron chi connectivity index (χ2n) is 2.15. The summed E-state index contributed by atoms with van der Waals surface area (Å²) in [5.41, 5.74) is 1.32. The van der Waals surface area contributed by atoms with Gasteiger partial charge in [0.05, 0.1) is 0 Å². The topological polar surface area (TPSA) is 12.9 Å². The quantitative estimate of drug-likeness (QED) is 0.776. The highest BCUT2D eigenvalue weighted by Gasteiger charge is 1.88. The number of rotatable bonds is 3. The van der Waals surface area contributed by atoms with Crippen molar-refractivity contribution in [3.63, 3.8) is 0 Å². The molecular formula is C8H11Br2N. The van der Waals surface area contributed by atoms with E-state index in [0.717, 1.165) is 11.8 Å². The number of hydrogen-bond donors (Lipinski definition) is 0. The number of aryl methyl sites for hydroxylation is 1. The Morgan fingerprint density at radius 2 is 2.27 bits per heavy atom. The number of halogens is 2. The van der Waals surface area contributed by atoms with E-state index in [1.807, 2.05) is 12.3 Å². The molecular weight excluding hydrogens is 270 g/mol. The molecule has 62 valence electrons. The van der Waals surface area contributed by atoms with E-state index >= 15 is 0 Å². The number of nitrogens with zero attached hydrogens (tertiary/aromatic N) is 1. The van der Waals surface area contributed by atoms with Crippen LogP contribution in [0.15, 0.2) is 24.5 Å². The molecule has 0 saturated carbocycles. The molecule has 11 heavy (non-hydrogen) atoms. The van der Waals surface area contributed by atoms with Gasteiger partial charge in [-0.05, 0) is 24.5 Å². The maximum atomic E-state index is 4.02. The summed E-state index contributed by atoms with van der Waals surface area (Å²) in [7, 11) is 0. The molecule has 0 saturated heterocycles. The smallest absolute Gasteiger partial charge is 0.0299 e. The second-order valence-corrected chi connectivity index (χ2v) is 2.95. The molecule has 0 aliphatic carbocycles. The van der Waals surface area contributed by atoms with Crippen LogP contribution < -0.4 is 0 Å². The fourth-order valence-electron chi connectivity index (χ4n) is 0.817. The van der Waals surface area contributed by atoms with Gasteiger partial charge in [0, 0.05) is 17.7 Å². The molecule has 0 amide bonds. The van der Waals surface area contributed by atoms with Crippen LogP contribution in [0.1, 0.15) is 12.0 Å². The summed E-state index contributed by atoms with van der Waals surface area (Å²) in [5, 5.41) is 1.07. The van der Waals surface area contributed by atoms with Crippen molar-refractivity contribution >= 4 is 32.9 Å². The van der Waals surface area contributed by atoms with Crippen LogP contribution in [0, 0.1) is 0 Å². The van der Waals surface area contributed by atoms with Crippen LogP contribution in [-0.4, -0.2) is 10.3 Å². The molecule has 1 rings (SSSR count). The molecule has 1 heterocycles. The SMILES string of the molecule is Br.BrCCCc1cccnc1. The van der Waals surface area contributed by atoms with Crippen LogP contribution in [0.4, 0.5) is 0 Å². The zero-order valence-corrected chi connectivity index (χ0v) is 9.46. The summed E-state index contributed by atoms with van der Waals surface area (Å²) < 4.78 is 0. The second kappa shape index (κ2) is 6.80. The molecule has 1 aromatic heterocycles. The van der Waals surface area contributed by atoms with E-state index in [1.165, 1.54) is 12.0 Å². The lowest BCUT2D eigenvalue weighted by atomic mass is 10.2. The number of aromatic nitrogens is 1. The Hall–Kier alpha value is 0.110. The van der Waals surface area contributed by atoms with Crippen LogP contribution in [0.5, 0.6) is 0 Å². The first-order chi connectivity index (χ1) is 4.93. The zero-order chi connectivity index (χ0) is 7.23. The van der Waals surface area contributed by atoms with Gasteiger partial charge < -0.3 is 0 Å². The number of hydrogen-bond acceptors (Lipinski definition) is 1. The van der Waals surface area contributed by atoms with E-state index in [0.29, 0.717) is 0 Å². The molecule has 0 spiro atoms.